The molecule has 3 nitrogen and oxygen atoms in total. The maximum absolute atomic E-state index is 9.32. The van der Waals surface area contributed by atoms with E-state index in [-0.39, 0.29) is 6.61 Å². The van der Waals surface area contributed by atoms with Crippen LogP contribution in [0.15, 0.2) is 22.7 Å². The van der Waals surface area contributed by atoms with E-state index in [1.165, 1.54) is 0 Å². The number of rotatable bonds is 3. The fraction of sp³-hybridized carbons (Fsp3) is 0.417. The zero-order valence-corrected chi connectivity index (χ0v) is 11.2. The van der Waals surface area contributed by atoms with Crippen molar-refractivity contribution < 1.29 is 5.11 Å². The monoisotopic (exact) mass is 282 g/mol. The molecule has 1 aromatic carbocycles. The van der Waals surface area contributed by atoms with Crippen molar-refractivity contribution in [3.8, 4) is 6.07 Å². The second-order valence-electron chi connectivity index (χ2n) is 4.28. The summed E-state index contributed by atoms with van der Waals surface area (Å²) >= 11 is 3.35. The van der Waals surface area contributed by atoms with Gasteiger partial charge in [0, 0.05) is 11.5 Å². The maximum Gasteiger partial charge on any atom is 0.103 e. The smallest absolute Gasteiger partial charge is 0.103 e. The molecule has 86 valence electrons. The molecule has 0 spiro atoms. The Morgan fingerprint density at radius 2 is 2.12 bits per heavy atom. The highest BCUT2D eigenvalue weighted by atomic mass is 79.9. The summed E-state index contributed by atoms with van der Waals surface area (Å²) in [6.45, 7) is 3.88. The second-order valence-corrected chi connectivity index (χ2v) is 5.13. The van der Waals surface area contributed by atoms with Gasteiger partial charge in [-0.15, -0.1) is 0 Å². The number of hydrogen-bond acceptors (Lipinski definition) is 3. The van der Waals surface area contributed by atoms with Crippen LogP contribution in [0.1, 0.15) is 19.4 Å². The molecule has 0 aliphatic rings. The van der Waals surface area contributed by atoms with Crippen molar-refractivity contribution in [2.45, 2.75) is 19.4 Å². The summed E-state index contributed by atoms with van der Waals surface area (Å²) in [5.74, 6) is 0. The molecule has 16 heavy (non-hydrogen) atoms. The molecular formula is C12H15BrN2O. The molecule has 0 radical (unpaired) electrons. The summed E-state index contributed by atoms with van der Waals surface area (Å²) in [6.07, 6.45) is 0. The predicted molar refractivity (Wildman–Crippen MR) is 68.4 cm³/mol. The van der Waals surface area contributed by atoms with E-state index in [0.29, 0.717) is 5.56 Å². The van der Waals surface area contributed by atoms with E-state index in [4.69, 9.17) is 5.26 Å². The molecular weight excluding hydrogens is 268 g/mol. The van der Waals surface area contributed by atoms with Gasteiger partial charge in [-0.05, 0) is 41.9 Å². The normalized spacial score (nSPS) is 11.0. The molecule has 1 rings (SSSR count). The summed E-state index contributed by atoms with van der Waals surface area (Å²) in [4.78, 5) is 1.91. The fourth-order valence-corrected chi connectivity index (χ4v) is 1.78. The topological polar surface area (TPSA) is 47.3 Å². The van der Waals surface area contributed by atoms with Crippen LogP contribution >= 0.6 is 15.9 Å². The zero-order chi connectivity index (χ0) is 12.3. The van der Waals surface area contributed by atoms with Gasteiger partial charge >= 0.3 is 0 Å². The van der Waals surface area contributed by atoms with Crippen molar-refractivity contribution in [3.63, 3.8) is 0 Å². The number of hydrogen-bond donors (Lipinski definition) is 1. The molecule has 0 unspecified atom stereocenters. The van der Waals surface area contributed by atoms with E-state index in [9.17, 15) is 5.11 Å². The van der Waals surface area contributed by atoms with Crippen molar-refractivity contribution in [2.75, 3.05) is 18.6 Å². The number of aliphatic hydroxyl groups excluding tert-OH is 1. The third-order valence-electron chi connectivity index (χ3n) is 2.76. The zero-order valence-electron chi connectivity index (χ0n) is 9.66. The summed E-state index contributed by atoms with van der Waals surface area (Å²) < 4.78 is 0.771. The van der Waals surface area contributed by atoms with Gasteiger partial charge in [-0.3, -0.25) is 0 Å². The van der Waals surface area contributed by atoms with Crippen LogP contribution in [-0.2, 0) is 0 Å². The van der Waals surface area contributed by atoms with Crippen LogP contribution in [0.5, 0.6) is 0 Å². The number of halogens is 1. The Kier molecular flexibility index (Phi) is 3.95. The van der Waals surface area contributed by atoms with Gasteiger partial charge in [-0.1, -0.05) is 6.07 Å². The molecule has 0 saturated carbocycles. The molecule has 4 heteroatoms. The highest BCUT2D eigenvalue weighted by Gasteiger charge is 2.25. The van der Waals surface area contributed by atoms with E-state index in [1.54, 1.807) is 0 Å². The van der Waals surface area contributed by atoms with Gasteiger partial charge < -0.3 is 10.0 Å². The van der Waals surface area contributed by atoms with E-state index in [2.05, 4.69) is 22.0 Å². The van der Waals surface area contributed by atoms with Gasteiger partial charge in [0.25, 0.3) is 0 Å². The van der Waals surface area contributed by atoms with Gasteiger partial charge in [-0.2, -0.15) is 5.26 Å². The van der Waals surface area contributed by atoms with Crippen molar-refractivity contribution in [1.29, 1.82) is 5.26 Å². The van der Waals surface area contributed by atoms with Crippen LogP contribution in [-0.4, -0.2) is 24.3 Å². The minimum Gasteiger partial charge on any atom is -0.394 e. The Morgan fingerprint density at radius 1 is 1.50 bits per heavy atom. The molecule has 0 aromatic heterocycles. The van der Waals surface area contributed by atoms with Crippen molar-refractivity contribution in [3.05, 3.63) is 28.2 Å². The Hall–Kier alpha value is -1.05. The lowest BCUT2D eigenvalue weighted by atomic mass is 10.0. The van der Waals surface area contributed by atoms with Crippen LogP contribution in [0.4, 0.5) is 5.69 Å². The molecule has 1 N–H and O–H groups in total. The average Bonchev–Trinajstić information content (AvgIpc) is 2.27. The van der Waals surface area contributed by atoms with Crippen LogP contribution in [0.2, 0.25) is 0 Å². The third-order valence-corrected chi connectivity index (χ3v) is 3.42. The van der Waals surface area contributed by atoms with Gasteiger partial charge in [0.15, 0.2) is 0 Å². The number of likely N-dealkylation sites (N-methyl/N-ethyl adjacent to an activating group) is 1. The van der Waals surface area contributed by atoms with Crippen LogP contribution in [0.25, 0.3) is 0 Å². The second kappa shape index (κ2) is 4.86. The maximum atomic E-state index is 9.32. The highest BCUT2D eigenvalue weighted by Crippen LogP contribution is 2.30. The van der Waals surface area contributed by atoms with Crippen molar-refractivity contribution in [2.24, 2.45) is 0 Å². The molecule has 0 bridgehead atoms. The number of aliphatic hydroxyl groups is 1. The Balaban J connectivity index is 3.25. The summed E-state index contributed by atoms with van der Waals surface area (Å²) in [6, 6.07) is 7.76. The first-order valence-electron chi connectivity index (χ1n) is 4.97. The molecule has 1 aromatic rings. The van der Waals surface area contributed by atoms with Crippen LogP contribution in [0, 0.1) is 11.3 Å². The molecule has 0 fully saturated rings. The molecule has 0 saturated heterocycles. The predicted octanol–water partition coefficient (Wildman–Crippen LogP) is 2.53. The number of nitrogens with zero attached hydrogens (tertiary/aromatic N) is 2. The molecule has 0 amide bonds. The van der Waals surface area contributed by atoms with E-state index >= 15 is 0 Å². The number of benzene rings is 1. The fourth-order valence-electron chi connectivity index (χ4n) is 1.34. The minimum atomic E-state index is -0.396. The number of nitriles is 1. The van der Waals surface area contributed by atoms with Gasteiger partial charge in [0.1, 0.15) is 6.07 Å². The van der Waals surface area contributed by atoms with Crippen molar-refractivity contribution >= 4 is 21.6 Å². The lowest BCUT2D eigenvalue weighted by molar-refractivity contribution is 0.216. The molecule has 0 heterocycles. The third kappa shape index (κ3) is 2.37. The first-order chi connectivity index (χ1) is 7.44. The van der Waals surface area contributed by atoms with E-state index in [0.717, 1.165) is 10.2 Å². The molecule has 0 aliphatic heterocycles. The first-order valence-corrected chi connectivity index (χ1v) is 5.76. The van der Waals surface area contributed by atoms with E-state index in [1.807, 2.05) is 44.0 Å². The van der Waals surface area contributed by atoms with Gasteiger partial charge in [-0.25, -0.2) is 0 Å². The van der Waals surface area contributed by atoms with Crippen LogP contribution in [0.3, 0.4) is 0 Å². The van der Waals surface area contributed by atoms with Crippen molar-refractivity contribution in [1.82, 2.24) is 0 Å². The quantitative estimate of drug-likeness (QED) is 0.927. The summed E-state index contributed by atoms with van der Waals surface area (Å²) in [5, 5.41) is 18.4. The number of anilines is 1. The van der Waals surface area contributed by atoms with Gasteiger partial charge in [0.2, 0.25) is 0 Å². The Labute approximate surface area is 104 Å². The average molecular weight is 283 g/mol. The minimum absolute atomic E-state index is 0.0287. The standard InChI is InChI=1S/C12H15BrN2O/c1-12(2,8-16)15(3)11-6-4-5-10(13)9(11)7-14/h4-6,16H,8H2,1-3H3. The lowest BCUT2D eigenvalue weighted by Gasteiger charge is -2.36. The van der Waals surface area contributed by atoms with Crippen LogP contribution < -0.4 is 4.90 Å². The molecule has 0 atom stereocenters. The summed E-state index contributed by atoms with van der Waals surface area (Å²) in [7, 11) is 1.87. The summed E-state index contributed by atoms with van der Waals surface area (Å²) in [5.41, 5.74) is 1.01. The Morgan fingerprint density at radius 3 is 2.62 bits per heavy atom. The highest BCUT2D eigenvalue weighted by molar-refractivity contribution is 9.10. The van der Waals surface area contributed by atoms with E-state index < -0.39 is 5.54 Å². The lowest BCUT2D eigenvalue weighted by Crippen LogP contribution is -2.44. The first kappa shape index (κ1) is 13.0. The molecule has 0 aliphatic carbocycles. The van der Waals surface area contributed by atoms with Gasteiger partial charge in [0.05, 0.1) is 23.4 Å². The largest absolute Gasteiger partial charge is 0.394 e. The Bertz CT molecular complexity index is 424. The SMILES string of the molecule is CN(c1cccc(Br)c1C#N)C(C)(C)CO.